The highest BCUT2D eigenvalue weighted by molar-refractivity contribution is 9.10. The third-order valence-corrected chi connectivity index (χ3v) is 4.35. The quantitative estimate of drug-likeness (QED) is 0.909. The van der Waals surface area contributed by atoms with E-state index < -0.39 is 0 Å². The van der Waals surface area contributed by atoms with Crippen molar-refractivity contribution in [2.24, 2.45) is 10.7 Å². The van der Waals surface area contributed by atoms with Crippen molar-refractivity contribution in [2.45, 2.75) is 38.0 Å². The molecule has 0 amide bonds. The summed E-state index contributed by atoms with van der Waals surface area (Å²) in [4.78, 5) is 6.50. The number of anilines is 1. The van der Waals surface area contributed by atoms with Crippen LogP contribution >= 0.6 is 15.9 Å². The van der Waals surface area contributed by atoms with Gasteiger partial charge >= 0.3 is 0 Å². The number of rotatable bonds is 2. The molecule has 3 rings (SSSR count). The maximum atomic E-state index is 6.05. The van der Waals surface area contributed by atoms with Crippen molar-refractivity contribution in [1.82, 2.24) is 0 Å². The van der Waals surface area contributed by atoms with Gasteiger partial charge in [-0.1, -0.05) is 15.9 Å². The van der Waals surface area contributed by atoms with Gasteiger partial charge in [0.25, 0.3) is 0 Å². The average Bonchev–Trinajstić information content (AvgIpc) is 2.97. The van der Waals surface area contributed by atoms with E-state index in [0.29, 0.717) is 12.1 Å². The summed E-state index contributed by atoms with van der Waals surface area (Å²) in [6.07, 6.45) is 2.78. The number of hydrogen-bond acceptors (Lipinski definition) is 4. The van der Waals surface area contributed by atoms with Gasteiger partial charge in [0.2, 0.25) is 0 Å². The lowest BCUT2D eigenvalue weighted by atomic mass is 10.1. The first-order valence-electron chi connectivity index (χ1n) is 6.65. The second-order valence-electron chi connectivity index (χ2n) is 5.18. The molecule has 1 saturated heterocycles. The summed E-state index contributed by atoms with van der Waals surface area (Å²) in [5.41, 5.74) is 7.13. The molecule has 2 heterocycles. The molecule has 1 aromatic rings. The summed E-state index contributed by atoms with van der Waals surface area (Å²) < 4.78 is 7.05. The molecule has 19 heavy (non-hydrogen) atoms. The first-order valence-corrected chi connectivity index (χ1v) is 7.44. The van der Waals surface area contributed by atoms with E-state index in [1.54, 1.807) is 0 Å². The molecule has 2 aliphatic rings. The van der Waals surface area contributed by atoms with Gasteiger partial charge in [-0.05, 0) is 44.0 Å². The molecular weight excluding hydrogens is 306 g/mol. The minimum Gasteiger partial charge on any atom is -0.373 e. The molecule has 1 fully saturated rings. The number of aliphatic imine (C=N–C) groups is 1. The molecule has 1 aromatic carbocycles. The molecule has 2 aliphatic heterocycles. The van der Waals surface area contributed by atoms with Crippen molar-refractivity contribution in [3.05, 3.63) is 28.7 Å². The van der Waals surface area contributed by atoms with Gasteiger partial charge < -0.3 is 15.4 Å². The monoisotopic (exact) mass is 323 g/mol. The fraction of sp³-hybridized carbons (Fsp3) is 0.500. The van der Waals surface area contributed by atoms with Gasteiger partial charge in [0.05, 0.1) is 24.8 Å². The third kappa shape index (κ3) is 2.49. The SMILES string of the molecule is CC1CCC(C2CN=C(N)N2c2ccc(Br)cc2)O1. The predicted octanol–water partition coefficient (Wildman–Crippen LogP) is 2.52. The van der Waals surface area contributed by atoms with Gasteiger partial charge in [0.15, 0.2) is 5.96 Å². The van der Waals surface area contributed by atoms with E-state index >= 15 is 0 Å². The lowest BCUT2D eigenvalue weighted by molar-refractivity contribution is 0.0440. The Balaban J connectivity index is 1.84. The number of nitrogens with zero attached hydrogens (tertiary/aromatic N) is 2. The standard InChI is InChI=1S/C14H18BrN3O/c1-9-2-7-13(19-9)12-8-17-14(16)18(12)11-5-3-10(15)4-6-11/h3-6,9,12-13H,2,7-8H2,1H3,(H2,16,17). The normalized spacial score (nSPS) is 30.7. The van der Waals surface area contributed by atoms with E-state index in [4.69, 9.17) is 10.5 Å². The molecule has 0 radical (unpaired) electrons. The fourth-order valence-corrected chi connectivity index (χ4v) is 3.10. The zero-order chi connectivity index (χ0) is 13.4. The van der Waals surface area contributed by atoms with Gasteiger partial charge in [-0.25, -0.2) is 0 Å². The van der Waals surface area contributed by atoms with Crippen LogP contribution < -0.4 is 10.6 Å². The minimum atomic E-state index is 0.225. The highest BCUT2D eigenvalue weighted by Gasteiger charge is 2.38. The van der Waals surface area contributed by atoms with Gasteiger partial charge in [0, 0.05) is 10.2 Å². The van der Waals surface area contributed by atoms with E-state index in [2.05, 4.69) is 44.9 Å². The first kappa shape index (κ1) is 12.9. The van der Waals surface area contributed by atoms with E-state index in [9.17, 15) is 0 Å². The number of nitrogens with two attached hydrogens (primary N) is 1. The third-order valence-electron chi connectivity index (χ3n) is 3.82. The highest BCUT2D eigenvalue weighted by Crippen LogP contribution is 2.30. The molecule has 0 aliphatic carbocycles. The molecule has 5 heteroatoms. The smallest absolute Gasteiger partial charge is 0.196 e. The first-order chi connectivity index (χ1) is 9.15. The highest BCUT2D eigenvalue weighted by atomic mass is 79.9. The van der Waals surface area contributed by atoms with Crippen LogP contribution in [0.3, 0.4) is 0 Å². The summed E-state index contributed by atoms with van der Waals surface area (Å²) in [6, 6.07) is 8.39. The summed E-state index contributed by atoms with van der Waals surface area (Å²) in [5, 5.41) is 0. The lowest BCUT2D eigenvalue weighted by Crippen LogP contribution is -2.47. The molecule has 0 saturated carbocycles. The predicted molar refractivity (Wildman–Crippen MR) is 80.5 cm³/mol. The van der Waals surface area contributed by atoms with Crippen LogP contribution in [0.25, 0.3) is 0 Å². The van der Waals surface area contributed by atoms with Crippen molar-refractivity contribution in [3.63, 3.8) is 0 Å². The number of halogens is 1. The Morgan fingerprint density at radius 1 is 1.32 bits per heavy atom. The average molecular weight is 324 g/mol. The molecule has 3 unspecified atom stereocenters. The minimum absolute atomic E-state index is 0.225. The Morgan fingerprint density at radius 3 is 2.68 bits per heavy atom. The van der Waals surface area contributed by atoms with Crippen molar-refractivity contribution >= 4 is 27.6 Å². The summed E-state index contributed by atoms with van der Waals surface area (Å²) in [5.74, 6) is 0.593. The van der Waals surface area contributed by atoms with Crippen LogP contribution in [0.1, 0.15) is 19.8 Å². The van der Waals surface area contributed by atoms with E-state index in [-0.39, 0.29) is 12.1 Å². The van der Waals surface area contributed by atoms with Crippen LogP contribution in [0.15, 0.2) is 33.7 Å². The number of benzene rings is 1. The topological polar surface area (TPSA) is 50.8 Å². The van der Waals surface area contributed by atoms with Crippen LogP contribution in [0.2, 0.25) is 0 Å². The maximum absolute atomic E-state index is 6.05. The van der Waals surface area contributed by atoms with Crippen LogP contribution in [0.4, 0.5) is 5.69 Å². The molecular formula is C14H18BrN3O. The van der Waals surface area contributed by atoms with Crippen molar-refractivity contribution in [3.8, 4) is 0 Å². The zero-order valence-corrected chi connectivity index (χ0v) is 12.5. The molecule has 0 spiro atoms. The van der Waals surface area contributed by atoms with Crippen LogP contribution in [0.5, 0.6) is 0 Å². The summed E-state index contributed by atoms with van der Waals surface area (Å²) >= 11 is 3.45. The van der Waals surface area contributed by atoms with Crippen molar-refractivity contribution in [1.29, 1.82) is 0 Å². The van der Waals surface area contributed by atoms with Crippen molar-refractivity contribution < 1.29 is 4.74 Å². The Kier molecular flexibility index (Phi) is 3.50. The van der Waals surface area contributed by atoms with Gasteiger partial charge in [0.1, 0.15) is 0 Å². The van der Waals surface area contributed by atoms with Crippen molar-refractivity contribution in [2.75, 3.05) is 11.4 Å². The van der Waals surface area contributed by atoms with Crippen LogP contribution in [0, 0.1) is 0 Å². The van der Waals surface area contributed by atoms with Crippen LogP contribution in [-0.4, -0.2) is 30.8 Å². The second kappa shape index (κ2) is 5.13. The summed E-state index contributed by atoms with van der Waals surface area (Å²) in [7, 11) is 0. The number of guanidine groups is 1. The zero-order valence-electron chi connectivity index (χ0n) is 10.9. The Morgan fingerprint density at radius 2 is 2.05 bits per heavy atom. The Bertz CT molecular complexity index is 488. The van der Waals surface area contributed by atoms with E-state index in [0.717, 1.165) is 29.5 Å². The van der Waals surface area contributed by atoms with Crippen LogP contribution in [-0.2, 0) is 4.74 Å². The van der Waals surface area contributed by atoms with E-state index in [1.165, 1.54) is 0 Å². The Labute approximate surface area is 121 Å². The molecule has 3 atom stereocenters. The van der Waals surface area contributed by atoms with E-state index in [1.807, 2.05) is 12.1 Å². The van der Waals surface area contributed by atoms with Gasteiger partial charge in [-0.15, -0.1) is 0 Å². The maximum Gasteiger partial charge on any atom is 0.196 e. The number of ether oxygens (including phenoxy) is 1. The molecule has 102 valence electrons. The Hall–Kier alpha value is -1.07. The lowest BCUT2D eigenvalue weighted by Gasteiger charge is -2.30. The molecule has 0 bridgehead atoms. The second-order valence-corrected chi connectivity index (χ2v) is 6.09. The fourth-order valence-electron chi connectivity index (χ4n) is 2.84. The van der Waals surface area contributed by atoms with Gasteiger partial charge in [-0.3, -0.25) is 4.99 Å². The largest absolute Gasteiger partial charge is 0.373 e. The molecule has 2 N–H and O–H groups in total. The molecule has 4 nitrogen and oxygen atoms in total. The van der Waals surface area contributed by atoms with Gasteiger partial charge in [-0.2, -0.15) is 0 Å². The molecule has 0 aromatic heterocycles. The summed E-state index contributed by atoms with van der Waals surface area (Å²) in [6.45, 7) is 2.85. The number of hydrogen-bond donors (Lipinski definition) is 1.